The van der Waals surface area contributed by atoms with Gasteiger partial charge in [-0.05, 0) is 17.8 Å². The van der Waals surface area contributed by atoms with Gasteiger partial charge in [-0.3, -0.25) is 0 Å². The van der Waals surface area contributed by atoms with Crippen molar-refractivity contribution in [1.82, 2.24) is 0 Å². The molecule has 0 radical (unpaired) electrons. The van der Waals surface area contributed by atoms with Crippen LogP contribution in [-0.4, -0.2) is 14.2 Å². The Labute approximate surface area is 74.4 Å². The van der Waals surface area contributed by atoms with Crippen LogP contribution in [0.3, 0.4) is 0 Å². The molecule has 0 aliphatic rings. The molecule has 0 fully saturated rings. The molecule has 0 N–H and O–H groups in total. The fourth-order valence-corrected chi connectivity index (χ4v) is 2.68. The highest BCUT2D eigenvalue weighted by atomic mass is 32.3. The highest BCUT2D eigenvalue weighted by Crippen LogP contribution is 2.27. The molecule has 2 nitrogen and oxygen atoms in total. The second-order valence-corrected chi connectivity index (χ2v) is 5.81. The van der Waals surface area contributed by atoms with E-state index >= 15 is 0 Å². The van der Waals surface area contributed by atoms with Crippen LogP contribution in [0.25, 0.3) is 0 Å². The third-order valence-electron chi connectivity index (χ3n) is 1.52. The van der Waals surface area contributed by atoms with E-state index in [2.05, 4.69) is 0 Å². The van der Waals surface area contributed by atoms with Crippen LogP contribution in [-0.2, 0) is 10.2 Å². The van der Waals surface area contributed by atoms with Crippen molar-refractivity contribution in [3.63, 3.8) is 0 Å². The maximum Gasteiger partial charge on any atom is 0.302 e. The fourth-order valence-electron chi connectivity index (χ4n) is 1.63. The highest BCUT2D eigenvalue weighted by Gasteiger charge is 2.26. The number of halogens is 1. The molecule has 0 saturated heterocycles. The summed E-state index contributed by atoms with van der Waals surface area (Å²) in [6, 6.07) is 0. The summed E-state index contributed by atoms with van der Waals surface area (Å²) < 4.78 is 33.0. The van der Waals surface area contributed by atoms with E-state index in [0.717, 1.165) is 6.42 Å². The lowest BCUT2D eigenvalue weighted by Gasteiger charge is -2.24. The summed E-state index contributed by atoms with van der Waals surface area (Å²) in [7, 11) is -4.33. The normalized spacial score (nSPS) is 13.8. The molecule has 0 unspecified atom stereocenters. The molecular weight excluding hydrogens is 179 g/mol. The molecule has 74 valence electrons. The molecule has 4 heteroatoms. The van der Waals surface area contributed by atoms with E-state index in [9.17, 15) is 12.3 Å². The molecule has 0 aliphatic heterocycles. The molecule has 0 amide bonds. The van der Waals surface area contributed by atoms with Gasteiger partial charge in [-0.15, -0.1) is 3.89 Å². The van der Waals surface area contributed by atoms with Crippen molar-refractivity contribution in [3.05, 3.63) is 0 Å². The Morgan fingerprint density at radius 1 is 1.33 bits per heavy atom. The highest BCUT2D eigenvalue weighted by molar-refractivity contribution is 7.86. The van der Waals surface area contributed by atoms with Crippen LogP contribution in [0.4, 0.5) is 3.89 Å². The van der Waals surface area contributed by atoms with Crippen LogP contribution in [0.15, 0.2) is 0 Å². The first-order chi connectivity index (χ1) is 5.12. The molecule has 0 aromatic carbocycles. The molecule has 0 saturated carbocycles. The van der Waals surface area contributed by atoms with Crippen LogP contribution in [0.5, 0.6) is 0 Å². The molecule has 0 bridgehead atoms. The smallest absolute Gasteiger partial charge is 0.195 e. The van der Waals surface area contributed by atoms with E-state index in [1.807, 2.05) is 13.8 Å². The van der Waals surface area contributed by atoms with E-state index in [-0.39, 0.29) is 5.75 Å². The predicted molar refractivity (Wildman–Crippen MR) is 48.1 cm³/mol. The lowest BCUT2D eigenvalue weighted by molar-refractivity contribution is 0.319. The SMILES string of the molecule is CC(C)CC(C)(C)CS(=O)(=O)F. The molecule has 0 atom stereocenters. The first kappa shape index (κ1) is 11.9. The Morgan fingerprint density at radius 3 is 2.00 bits per heavy atom. The maximum atomic E-state index is 12.3. The van der Waals surface area contributed by atoms with Crippen molar-refractivity contribution in [2.75, 3.05) is 5.75 Å². The first-order valence-electron chi connectivity index (χ1n) is 4.05. The minimum absolute atomic E-state index is 0.377. The Bertz CT molecular complexity index is 229. The monoisotopic (exact) mass is 196 g/mol. The van der Waals surface area contributed by atoms with Crippen LogP contribution in [0.2, 0.25) is 0 Å². The second kappa shape index (κ2) is 3.73. The van der Waals surface area contributed by atoms with Gasteiger partial charge >= 0.3 is 10.2 Å². The Hall–Kier alpha value is -0.120. The Kier molecular flexibility index (Phi) is 3.69. The standard InChI is InChI=1S/C8H17FO2S/c1-7(2)5-8(3,4)6-12(9,10)11/h7H,5-6H2,1-4H3. The van der Waals surface area contributed by atoms with Crippen molar-refractivity contribution in [2.24, 2.45) is 11.3 Å². The van der Waals surface area contributed by atoms with E-state index in [4.69, 9.17) is 0 Å². The summed E-state index contributed by atoms with van der Waals surface area (Å²) in [4.78, 5) is 0. The van der Waals surface area contributed by atoms with Gasteiger partial charge in [-0.2, -0.15) is 8.42 Å². The summed E-state index contributed by atoms with van der Waals surface area (Å²) in [5.41, 5.74) is -0.457. The van der Waals surface area contributed by atoms with Crippen LogP contribution >= 0.6 is 0 Å². The summed E-state index contributed by atoms with van der Waals surface area (Å²) in [6.45, 7) is 7.52. The average Bonchev–Trinajstić information content (AvgIpc) is 1.48. The average molecular weight is 196 g/mol. The van der Waals surface area contributed by atoms with Gasteiger partial charge in [0, 0.05) is 0 Å². The Balaban J connectivity index is 4.23. The lowest BCUT2D eigenvalue weighted by Crippen LogP contribution is -2.23. The van der Waals surface area contributed by atoms with Crippen LogP contribution < -0.4 is 0 Å². The molecule has 0 aliphatic carbocycles. The van der Waals surface area contributed by atoms with Gasteiger partial charge in [-0.25, -0.2) is 0 Å². The molecule has 0 spiro atoms. The van der Waals surface area contributed by atoms with Crippen molar-refractivity contribution in [3.8, 4) is 0 Å². The Morgan fingerprint density at radius 2 is 1.75 bits per heavy atom. The van der Waals surface area contributed by atoms with Crippen molar-refractivity contribution >= 4 is 10.2 Å². The van der Waals surface area contributed by atoms with Gasteiger partial charge < -0.3 is 0 Å². The van der Waals surface area contributed by atoms with E-state index in [1.54, 1.807) is 13.8 Å². The minimum Gasteiger partial charge on any atom is -0.195 e. The van der Waals surface area contributed by atoms with Gasteiger partial charge in [0.25, 0.3) is 0 Å². The zero-order valence-corrected chi connectivity index (χ0v) is 8.91. The fraction of sp³-hybridized carbons (Fsp3) is 1.00. The van der Waals surface area contributed by atoms with Gasteiger partial charge in [0.1, 0.15) is 0 Å². The number of hydrogen-bond acceptors (Lipinski definition) is 2. The summed E-state index contributed by atoms with van der Waals surface area (Å²) in [5.74, 6) is 0.0137. The molecule has 0 rings (SSSR count). The van der Waals surface area contributed by atoms with Crippen molar-refractivity contribution in [1.29, 1.82) is 0 Å². The van der Waals surface area contributed by atoms with Crippen molar-refractivity contribution in [2.45, 2.75) is 34.1 Å². The molecular formula is C8H17FO2S. The second-order valence-electron chi connectivity index (χ2n) is 4.45. The third-order valence-corrected chi connectivity index (χ3v) is 2.65. The topological polar surface area (TPSA) is 34.1 Å². The van der Waals surface area contributed by atoms with Crippen LogP contribution in [0, 0.1) is 11.3 Å². The first-order valence-corrected chi connectivity index (χ1v) is 5.60. The zero-order chi connectivity index (χ0) is 9.99. The molecule has 12 heavy (non-hydrogen) atoms. The van der Waals surface area contributed by atoms with Crippen molar-refractivity contribution < 1.29 is 12.3 Å². The predicted octanol–water partition coefficient (Wildman–Crippen LogP) is 2.36. The van der Waals surface area contributed by atoms with Crippen LogP contribution in [0.1, 0.15) is 34.1 Å². The summed E-state index contributed by atoms with van der Waals surface area (Å²) in [6.07, 6.45) is 0.718. The number of hydrogen-bond donors (Lipinski definition) is 0. The third kappa shape index (κ3) is 6.58. The minimum atomic E-state index is -4.33. The zero-order valence-electron chi connectivity index (χ0n) is 8.09. The van der Waals surface area contributed by atoms with Gasteiger partial charge in [0.2, 0.25) is 0 Å². The largest absolute Gasteiger partial charge is 0.302 e. The summed E-state index contributed by atoms with van der Waals surface area (Å²) in [5, 5.41) is 0. The van der Waals surface area contributed by atoms with Gasteiger partial charge in [0.15, 0.2) is 0 Å². The number of rotatable bonds is 4. The van der Waals surface area contributed by atoms with E-state index in [0.29, 0.717) is 5.92 Å². The molecule has 0 heterocycles. The van der Waals surface area contributed by atoms with Gasteiger partial charge in [-0.1, -0.05) is 27.7 Å². The molecule has 0 aromatic rings. The van der Waals surface area contributed by atoms with E-state index in [1.165, 1.54) is 0 Å². The van der Waals surface area contributed by atoms with Gasteiger partial charge in [0.05, 0.1) is 5.75 Å². The quantitative estimate of drug-likeness (QED) is 0.647. The van der Waals surface area contributed by atoms with E-state index < -0.39 is 15.6 Å². The lowest BCUT2D eigenvalue weighted by atomic mass is 9.86. The summed E-state index contributed by atoms with van der Waals surface area (Å²) >= 11 is 0. The molecule has 0 aromatic heterocycles. The maximum absolute atomic E-state index is 12.3.